The summed E-state index contributed by atoms with van der Waals surface area (Å²) in [6.07, 6.45) is 4.25. The van der Waals surface area contributed by atoms with E-state index in [1.807, 2.05) is 0 Å². The van der Waals surface area contributed by atoms with Gasteiger partial charge in [-0.25, -0.2) is 0 Å². The minimum absolute atomic E-state index is 0.474. The van der Waals surface area contributed by atoms with E-state index >= 15 is 0 Å². The molecule has 0 aliphatic heterocycles. The normalized spacial score (nSPS) is 13.9. The summed E-state index contributed by atoms with van der Waals surface area (Å²) in [5, 5.41) is 0.998. The smallest absolute Gasteiger partial charge is 0.171 e. The minimum atomic E-state index is -0.819. The molecule has 68 valence electrons. The van der Waals surface area contributed by atoms with E-state index in [9.17, 15) is 0 Å². The highest BCUT2D eigenvalue weighted by atomic mass is 79.9. The first kappa shape index (κ1) is 11.7. The number of hydrogen-bond acceptors (Lipinski definition) is 1. The van der Waals surface area contributed by atoms with Crippen LogP contribution in [0, 0.1) is 0 Å². The first-order valence-corrected chi connectivity index (χ1v) is 8.32. The molecule has 3 heteroatoms. The third-order valence-corrected chi connectivity index (χ3v) is 3.17. The molecule has 0 aromatic heterocycles. The second-order valence-corrected chi connectivity index (χ2v) is 6.12. The van der Waals surface area contributed by atoms with E-state index in [2.05, 4.69) is 35.9 Å². The summed E-state index contributed by atoms with van der Waals surface area (Å²) in [5.74, 6) is 0. The monoisotopic (exact) mass is 238 g/mol. The Bertz CT molecular complexity index is 88.2. The number of halogens is 1. The molecule has 0 bridgehead atoms. The largest absolute Gasteiger partial charge is 0.417 e. The summed E-state index contributed by atoms with van der Waals surface area (Å²) in [6, 6.07) is 0. The predicted octanol–water partition coefficient (Wildman–Crippen LogP) is 2.94. The lowest BCUT2D eigenvalue weighted by Crippen LogP contribution is -2.21. The Kier molecular flexibility index (Phi) is 7.75. The number of rotatable bonds is 6. The first-order valence-electron chi connectivity index (χ1n) is 4.42. The highest BCUT2D eigenvalue weighted by Gasteiger charge is 2.08. The Morgan fingerprint density at radius 2 is 2.09 bits per heavy atom. The molecule has 0 rings (SSSR count). The Balaban J connectivity index is 3.41. The highest BCUT2D eigenvalue weighted by Crippen LogP contribution is 2.08. The molecule has 0 aliphatic carbocycles. The van der Waals surface area contributed by atoms with Gasteiger partial charge in [-0.05, 0) is 19.5 Å². The fourth-order valence-corrected chi connectivity index (χ4v) is 2.76. The van der Waals surface area contributed by atoms with Crippen molar-refractivity contribution in [2.45, 2.75) is 45.4 Å². The van der Waals surface area contributed by atoms with Crippen LogP contribution in [0.2, 0.25) is 13.1 Å². The van der Waals surface area contributed by atoms with E-state index in [-0.39, 0.29) is 0 Å². The fourth-order valence-electron chi connectivity index (χ4n) is 0.998. The Labute approximate surface area is 80.4 Å². The van der Waals surface area contributed by atoms with E-state index in [4.69, 9.17) is 4.43 Å². The van der Waals surface area contributed by atoms with Gasteiger partial charge in [0.25, 0.3) is 0 Å². The Morgan fingerprint density at radius 3 is 2.45 bits per heavy atom. The molecule has 0 fully saturated rings. The average Bonchev–Trinajstić information content (AvgIpc) is 1.97. The van der Waals surface area contributed by atoms with E-state index in [1.165, 1.54) is 19.3 Å². The summed E-state index contributed by atoms with van der Waals surface area (Å²) in [7, 11) is -0.819. The molecule has 0 saturated heterocycles. The number of unbranched alkanes of at least 4 members (excludes halogenated alkanes) is 1. The average molecular weight is 239 g/mol. The van der Waals surface area contributed by atoms with Gasteiger partial charge >= 0.3 is 0 Å². The Morgan fingerprint density at radius 1 is 1.45 bits per heavy atom. The van der Waals surface area contributed by atoms with Crippen LogP contribution >= 0.6 is 15.9 Å². The quantitative estimate of drug-likeness (QED) is 0.511. The van der Waals surface area contributed by atoms with Gasteiger partial charge in [-0.1, -0.05) is 35.7 Å². The molecular formula is C8H19BrOSi. The van der Waals surface area contributed by atoms with Crippen molar-refractivity contribution >= 4 is 25.0 Å². The van der Waals surface area contributed by atoms with Crippen LogP contribution in [0.3, 0.4) is 0 Å². The molecule has 0 radical (unpaired) electrons. The van der Waals surface area contributed by atoms with Crippen LogP contribution in [0.5, 0.6) is 0 Å². The van der Waals surface area contributed by atoms with Crippen molar-refractivity contribution in [2.24, 2.45) is 0 Å². The van der Waals surface area contributed by atoms with Crippen LogP contribution < -0.4 is 0 Å². The van der Waals surface area contributed by atoms with Crippen molar-refractivity contribution in [1.29, 1.82) is 0 Å². The van der Waals surface area contributed by atoms with Gasteiger partial charge in [-0.2, -0.15) is 0 Å². The zero-order chi connectivity index (χ0) is 8.69. The fraction of sp³-hybridized carbons (Fsp3) is 1.00. The summed E-state index contributed by atoms with van der Waals surface area (Å²) >= 11 is 3.47. The second kappa shape index (κ2) is 7.31. The Hall–Kier alpha value is 0.657. The van der Waals surface area contributed by atoms with Crippen LogP contribution in [0.4, 0.5) is 0 Å². The number of alkyl halides is 1. The lowest BCUT2D eigenvalue weighted by Gasteiger charge is -2.17. The van der Waals surface area contributed by atoms with Crippen LogP contribution in [-0.4, -0.2) is 20.5 Å². The lowest BCUT2D eigenvalue weighted by molar-refractivity contribution is 0.217. The highest BCUT2D eigenvalue weighted by molar-refractivity contribution is 9.09. The van der Waals surface area contributed by atoms with Gasteiger partial charge in [0.15, 0.2) is 9.04 Å². The van der Waals surface area contributed by atoms with E-state index in [1.54, 1.807) is 0 Å². The molecule has 0 amide bonds. The van der Waals surface area contributed by atoms with Gasteiger partial charge in [0, 0.05) is 5.33 Å². The standard InChI is InChI=1S/C8H19BrOSi/c1-4-5-6-8(7-9)10-11(2)3/h8,11H,4-7H2,1-3H3. The van der Waals surface area contributed by atoms with Gasteiger partial charge in [-0.3, -0.25) is 0 Å². The third-order valence-electron chi connectivity index (χ3n) is 1.52. The van der Waals surface area contributed by atoms with Crippen LogP contribution in [0.1, 0.15) is 26.2 Å². The molecule has 0 aromatic carbocycles. The molecule has 0 heterocycles. The lowest BCUT2D eigenvalue weighted by atomic mass is 10.2. The molecule has 0 aromatic rings. The van der Waals surface area contributed by atoms with Crippen LogP contribution in [-0.2, 0) is 4.43 Å². The van der Waals surface area contributed by atoms with Gasteiger partial charge in [0.1, 0.15) is 0 Å². The molecule has 0 aliphatic rings. The second-order valence-electron chi connectivity index (χ2n) is 3.10. The maximum atomic E-state index is 5.79. The molecule has 1 unspecified atom stereocenters. The molecule has 1 nitrogen and oxygen atoms in total. The van der Waals surface area contributed by atoms with E-state index in [0.717, 1.165) is 5.33 Å². The molecule has 0 saturated carbocycles. The van der Waals surface area contributed by atoms with Crippen molar-refractivity contribution in [3.63, 3.8) is 0 Å². The topological polar surface area (TPSA) is 9.23 Å². The van der Waals surface area contributed by atoms with Crippen LogP contribution in [0.25, 0.3) is 0 Å². The maximum absolute atomic E-state index is 5.79. The van der Waals surface area contributed by atoms with Crippen molar-refractivity contribution in [3.05, 3.63) is 0 Å². The summed E-state index contributed by atoms with van der Waals surface area (Å²) in [5.41, 5.74) is 0. The SMILES string of the molecule is CCCCC(CBr)O[SiH](C)C. The predicted molar refractivity (Wildman–Crippen MR) is 57.1 cm³/mol. The van der Waals surface area contributed by atoms with Gasteiger partial charge in [0.05, 0.1) is 6.10 Å². The van der Waals surface area contributed by atoms with E-state index in [0.29, 0.717) is 6.10 Å². The van der Waals surface area contributed by atoms with Gasteiger partial charge < -0.3 is 4.43 Å². The molecular weight excluding hydrogens is 220 g/mol. The van der Waals surface area contributed by atoms with Gasteiger partial charge in [-0.15, -0.1) is 0 Å². The molecule has 0 N–H and O–H groups in total. The maximum Gasteiger partial charge on any atom is 0.171 e. The van der Waals surface area contributed by atoms with Crippen molar-refractivity contribution < 1.29 is 4.43 Å². The van der Waals surface area contributed by atoms with Crippen molar-refractivity contribution in [1.82, 2.24) is 0 Å². The molecule has 11 heavy (non-hydrogen) atoms. The minimum Gasteiger partial charge on any atom is -0.417 e. The van der Waals surface area contributed by atoms with Crippen molar-refractivity contribution in [2.75, 3.05) is 5.33 Å². The van der Waals surface area contributed by atoms with E-state index < -0.39 is 9.04 Å². The summed E-state index contributed by atoms with van der Waals surface area (Å²) in [4.78, 5) is 0. The zero-order valence-electron chi connectivity index (χ0n) is 7.77. The van der Waals surface area contributed by atoms with Crippen molar-refractivity contribution in [3.8, 4) is 0 Å². The summed E-state index contributed by atoms with van der Waals surface area (Å²) < 4.78 is 5.79. The molecule has 0 spiro atoms. The first-order chi connectivity index (χ1) is 5.20. The third kappa shape index (κ3) is 7.03. The zero-order valence-corrected chi connectivity index (χ0v) is 10.5. The van der Waals surface area contributed by atoms with Gasteiger partial charge in [0.2, 0.25) is 0 Å². The number of hydrogen-bond donors (Lipinski definition) is 0. The molecule has 1 atom stereocenters. The summed E-state index contributed by atoms with van der Waals surface area (Å²) in [6.45, 7) is 6.67. The van der Waals surface area contributed by atoms with Crippen LogP contribution in [0.15, 0.2) is 0 Å².